The van der Waals surface area contributed by atoms with Crippen LogP contribution in [0.5, 0.6) is 11.5 Å². The van der Waals surface area contributed by atoms with Gasteiger partial charge in [0.1, 0.15) is 11.5 Å². The predicted molar refractivity (Wildman–Crippen MR) is 105 cm³/mol. The average Bonchev–Trinajstić information content (AvgIpc) is 3.41. The van der Waals surface area contributed by atoms with Crippen molar-refractivity contribution in [3.8, 4) is 11.5 Å². The van der Waals surface area contributed by atoms with Crippen molar-refractivity contribution in [3.05, 3.63) is 59.8 Å². The van der Waals surface area contributed by atoms with Crippen LogP contribution in [0.3, 0.4) is 0 Å². The molecule has 2 aromatic carbocycles. The summed E-state index contributed by atoms with van der Waals surface area (Å²) in [6.07, 6.45) is 4.50. The number of aromatic amines is 1. The molecule has 0 unspecified atom stereocenters. The van der Waals surface area contributed by atoms with Crippen molar-refractivity contribution in [3.63, 3.8) is 0 Å². The van der Waals surface area contributed by atoms with E-state index in [1.165, 1.54) is 0 Å². The van der Waals surface area contributed by atoms with Crippen LogP contribution >= 0.6 is 0 Å². The molecule has 1 aromatic heterocycles. The lowest BCUT2D eigenvalue weighted by molar-refractivity contribution is -0.123. The van der Waals surface area contributed by atoms with Gasteiger partial charge in [-0.05, 0) is 60.7 Å². The van der Waals surface area contributed by atoms with E-state index in [2.05, 4.69) is 10.3 Å². The molecule has 27 heavy (non-hydrogen) atoms. The van der Waals surface area contributed by atoms with Crippen molar-refractivity contribution in [2.45, 2.75) is 24.7 Å². The van der Waals surface area contributed by atoms with E-state index in [4.69, 9.17) is 9.47 Å². The second-order valence-corrected chi connectivity index (χ2v) is 7.05. The van der Waals surface area contributed by atoms with Crippen LogP contribution in [0.1, 0.15) is 24.0 Å². The van der Waals surface area contributed by atoms with Gasteiger partial charge >= 0.3 is 0 Å². The van der Waals surface area contributed by atoms with Crippen LogP contribution in [0.2, 0.25) is 0 Å². The molecule has 140 valence electrons. The van der Waals surface area contributed by atoms with Crippen molar-refractivity contribution in [2.75, 3.05) is 20.8 Å². The quantitative estimate of drug-likeness (QED) is 0.674. The summed E-state index contributed by atoms with van der Waals surface area (Å²) in [5.74, 6) is 1.75. The van der Waals surface area contributed by atoms with Crippen LogP contribution in [0.15, 0.2) is 48.7 Å². The third-order valence-electron chi connectivity index (χ3n) is 5.42. The molecule has 1 fully saturated rings. The highest BCUT2D eigenvalue weighted by molar-refractivity contribution is 5.98. The topological polar surface area (TPSA) is 63.3 Å². The number of ether oxygens (including phenoxy) is 2. The molecule has 0 radical (unpaired) electrons. The summed E-state index contributed by atoms with van der Waals surface area (Å²) < 4.78 is 10.6. The SMILES string of the molecule is COc1cccc(CCNC(=O)C2(c3c[nH]c4ccc(OC)cc34)CC2)c1. The molecule has 5 nitrogen and oxygen atoms in total. The largest absolute Gasteiger partial charge is 0.497 e. The summed E-state index contributed by atoms with van der Waals surface area (Å²) >= 11 is 0. The van der Waals surface area contributed by atoms with Crippen LogP contribution in [0.4, 0.5) is 0 Å². The molecular weight excluding hydrogens is 340 g/mol. The maximum Gasteiger partial charge on any atom is 0.230 e. The summed E-state index contributed by atoms with van der Waals surface area (Å²) in [6.45, 7) is 0.611. The van der Waals surface area contributed by atoms with Gasteiger partial charge in [0.2, 0.25) is 5.91 Å². The molecule has 3 aromatic rings. The van der Waals surface area contributed by atoms with E-state index < -0.39 is 5.41 Å². The Morgan fingerprint density at radius 1 is 1.11 bits per heavy atom. The molecule has 1 heterocycles. The van der Waals surface area contributed by atoms with Gasteiger partial charge in [-0.25, -0.2) is 0 Å². The first-order chi connectivity index (χ1) is 13.2. The summed E-state index contributed by atoms with van der Waals surface area (Å²) in [7, 11) is 3.32. The number of carbonyl (C=O) groups excluding carboxylic acids is 1. The number of benzene rings is 2. The Kier molecular flexibility index (Phi) is 4.52. The van der Waals surface area contributed by atoms with Crippen molar-refractivity contribution in [1.29, 1.82) is 0 Å². The number of H-pyrrole nitrogens is 1. The lowest BCUT2D eigenvalue weighted by atomic mass is 9.94. The van der Waals surface area contributed by atoms with E-state index in [1.54, 1.807) is 14.2 Å². The van der Waals surface area contributed by atoms with E-state index in [1.807, 2.05) is 48.7 Å². The highest BCUT2D eigenvalue weighted by atomic mass is 16.5. The Balaban J connectivity index is 1.47. The fraction of sp³-hybridized carbons (Fsp3) is 0.318. The van der Waals surface area contributed by atoms with E-state index in [9.17, 15) is 4.79 Å². The summed E-state index contributed by atoms with van der Waals surface area (Å²) in [5.41, 5.74) is 2.83. The van der Waals surface area contributed by atoms with Crippen molar-refractivity contribution in [2.24, 2.45) is 0 Å². The number of carbonyl (C=O) groups is 1. The number of fused-ring (bicyclic) bond motifs is 1. The van der Waals surface area contributed by atoms with Gasteiger partial charge in [0.05, 0.1) is 19.6 Å². The monoisotopic (exact) mass is 364 g/mol. The van der Waals surface area contributed by atoms with Gasteiger partial charge in [0.15, 0.2) is 0 Å². The Morgan fingerprint density at radius 2 is 1.89 bits per heavy atom. The van der Waals surface area contributed by atoms with Crippen molar-refractivity contribution >= 4 is 16.8 Å². The zero-order chi connectivity index (χ0) is 18.9. The molecule has 0 atom stereocenters. The smallest absolute Gasteiger partial charge is 0.230 e. The van der Waals surface area contributed by atoms with Crippen LogP contribution < -0.4 is 14.8 Å². The van der Waals surface area contributed by atoms with Crippen LogP contribution in [-0.4, -0.2) is 31.7 Å². The number of aromatic nitrogens is 1. The van der Waals surface area contributed by atoms with Crippen molar-refractivity contribution < 1.29 is 14.3 Å². The highest BCUT2D eigenvalue weighted by Gasteiger charge is 2.52. The van der Waals surface area contributed by atoms with Gasteiger partial charge in [0, 0.05) is 23.6 Å². The lowest BCUT2D eigenvalue weighted by Gasteiger charge is -2.15. The summed E-state index contributed by atoms with van der Waals surface area (Å²) in [5, 5.41) is 4.19. The molecule has 4 rings (SSSR count). The molecule has 0 saturated heterocycles. The third-order valence-corrected chi connectivity index (χ3v) is 5.42. The number of hydrogen-bond donors (Lipinski definition) is 2. The van der Waals surface area contributed by atoms with E-state index >= 15 is 0 Å². The fourth-order valence-corrected chi connectivity index (χ4v) is 3.68. The maximum absolute atomic E-state index is 13.0. The molecule has 0 aliphatic heterocycles. The zero-order valence-electron chi connectivity index (χ0n) is 15.7. The summed E-state index contributed by atoms with van der Waals surface area (Å²) in [6, 6.07) is 13.9. The standard InChI is InChI=1S/C22H24N2O3/c1-26-16-5-3-4-15(12-16)8-11-23-21(25)22(9-10-22)19-14-24-20-7-6-17(27-2)13-18(19)20/h3-7,12-14,24H,8-11H2,1-2H3,(H,23,25). The lowest BCUT2D eigenvalue weighted by Crippen LogP contribution is -2.35. The predicted octanol–water partition coefficient (Wildman–Crippen LogP) is 3.58. The minimum Gasteiger partial charge on any atom is -0.497 e. The number of methoxy groups -OCH3 is 2. The molecule has 1 aliphatic rings. The maximum atomic E-state index is 13.0. The molecule has 1 aliphatic carbocycles. The molecule has 0 spiro atoms. The summed E-state index contributed by atoms with van der Waals surface area (Å²) in [4.78, 5) is 16.2. The van der Waals surface area contributed by atoms with Crippen LogP contribution in [-0.2, 0) is 16.6 Å². The Bertz CT molecular complexity index is 973. The number of rotatable bonds is 7. The minimum atomic E-state index is -0.418. The van der Waals surface area contributed by atoms with E-state index in [-0.39, 0.29) is 5.91 Å². The van der Waals surface area contributed by atoms with Crippen molar-refractivity contribution in [1.82, 2.24) is 10.3 Å². The molecule has 5 heteroatoms. The first-order valence-electron chi connectivity index (χ1n) is 9.23. The van der Waals surface area contributed by atoms with Crippen LogP contribution in [0.25, 0.3) is 10.9 Å². The second-order valence-electron chi connectivity index (χ2n) is 7.05. The molecular formula is C22H24N2O3. The van der Waals surface area contributed by atoms with Gasteiger partial charge < -0.3 is 19.8 Å². The van der Waals surface area contributed by atoms with Gasteiger partial charge in [-0.15, -0.1) is 0 Å². The van der Waals surface area contributed by atoms with E-state index in [0.717, 1.165) is 52.8 Å². The number of amides is 1. The first-order valence-corrected chi connectivity index (χ1v) is 9.23. The van der Waals surface area contributed by atoms with E-state index in [0.29, 0.717) is 6.54 Å². The Labute approximate surface area is 158 Å². The average molecular weight is 364 g/mol. The molecule has 2 N–H and O–H groups in total. The Hall–Kier alpha value is -2.95. The van der Waals surface area contributed by atoms with Gasteiger partial charge in [-0.1, -0.05) is 12.1 Å². The Morgan fingerprint density at radius 3 is 2.63 bits per heavy atom. The first kappa shape index (κ1) is 17.5. The molecule has 1 saturated carbocycles. The van der Waals surface area contributed by atoms with Gasteiger partial charge in [-0.2, -0.15) is 0 Å². The zero-order valence-corrected chi connectivity index (χ0v) is 15.7. The van der Waals surface area contributed by atoms with Gasteiger partial charge in [0.25, 0.3) is 0 Å². The third kappa shape index (κ3) is 3.25. The number of hydrogen-bond acceptors (Lipinski definition) is 3. The highest BCUT2D eigenvalue weighted by Crippen LogP contribution is 2.51. The second kappa shape index (κ2) is 6.99. The van der Waals surface area contributed by atoms with Crippen LogP contribution in [0, 0.1) is 0 Å². The normalized spacial score (nSPS) is 14.7. The fourth-order valence-electron chi connectivity index (χ4n) is 3.68. The molecule has 1 amide bonds. The molecule has 0 bridgehead atoms. The minimum absolute atomic E-state index is 0.106. The van der Waals surface area contributed by atoms with Gasteiger partial charge in [-0.3, -0.25) is 4.79 Å². The number of nitrogens with one attached hydrogen (secondary N) is 2.